The molecule has 0 spiro atoms. The second-order valence-electron chi connectivity index (χ2n) is 4.86. The van der Waals surface area contributed by atoms with Crippen molar-refractivity contribution in [1.29, 1.82) is 0 Å². The molecule has 120 valence electrons. The van der Waals surface area contributed by atoms with Gasteiger partial charge in [-0.05, 0) is 48.6 Å². The smallest absolute Gasteiger partial charge is 0.338 e. The van der Waals surface area contributed by atoms with Gasteiger partial charge in [-0.15, -0.1) is 11.8 Å². The van der Waals surface area contributed by atoms with E-state index in [1.54, 1.807) is 23.9 Å². The fraction of sp³-hybridized carbons (Fsp3) is 0.222. The van der Waals surface area contributed by atoms with E-state index in [-0.39, 0.29) is 12.5 Å². The number of rotatable bonds is 6. The number of carbonyl (C=O) groups excluding carboxylic acids is 2. The van der Waals surface area contributed by atoms with Gasteiger partial charge in [0.2, 0.25) is 0 Å². The lowest BCUT2D eigenvalue weighted by molar-refractivity contribution is -0.119. The first kappa shape index (κ1) is 17.1. The van der Waals surface area contributed by atoms with Gasteiger partial charge in [-0.2, -0.15) is 0 Å². The van der Waals surface area contributed by atoms with Crippen molar-refractivity contribution < 1.29 is 14.3 Å². The number of amides is 1. The molecule has 5 heteroatoms. The Morgan fingerprint density at radius 2 is 1.78 bits per heavy atom. The van der Waals surface area contributed by atoms with Crippen molar-refractivity contribution in [2.75, 3.05) is 18.2 Å². The van der Waals surface area contributed by atoms with Crippen LogP contribution in [-0.4, -0.2) is 24.7 Å². The highest BCUT2D eigenvalue weighted by atomic mass is 32.2. The molecule has 1 N–H and O–H groups in total. The first-order valence-electron chi connectivity index (χ1n) is 7.33. The molecule has 0 aromatic heterocycles. The van der Waals surface area contributed by atoms with E-state index in [4.69, 9.17) is 4.74 Å². The SMILES string of the molecule is CCc1ccccc1NC(=O)COC(=O)c1ccc(SC)cc1. The zero-order valence-corrected chi connectivity index (χ0v) is 14.0. The number of hydrogen-bond acceptors (Lipinski definition) is 4. The number of nitrogens with one attached hydrogen (secondary N) is 1. The number of carbonyl (C=O) groups is 2. The van der Waals surface area contributed by atoms with E-state index >= 15 is 0 Å². The van der Waals surface area contributed by atoms with E-state index in [1.807, 2.05) is 49.6 Å². The third-order valence-electron chi connectivity index (χ3n) is 3.33. The zero-order chi connectivity index (χ0) is 16.7. The van der Waals surface area contributed by atoms with E-state index < -0.39 is 5.97 Å². The van der Waals surface area contributed by atoms with Gasteiger partial charge in [-0.1, -0.05) is 25.1 Å². The fourth-order valence-corrected chi connectivity index (χ4v) is 2.49. The van der Waals surface area contributed by atoms with E-state index in [9.17, 15) is 9.59 Å². The molecule has 2 aromatic rings. The van der Waals surface area contributed by atoms with E-state index in [0.717, 1.165) is 22.6 Å². The standard InChI is InChI=1S/C18H19NO3S/c1-3-13-6-4-5-7-16(13)19-17(20)12-22-18(21)14-8-10-15(23-2)11-9-14/h4-11H,3,12H2,1-2H3,(H,19,20). The van der Waals surface area contributed by atoms with Gasteiger partial charge >= 0.3 is 5.97 Å². The molecule has 2 rings (SSSR count). The largest absolute Gasteiger partial charge is 0.452 e. The van der Waals surface area contributed by atoms with Crippen molar-refractivity contribution >= 4 is 29.3 Å². The van der Waals surface area contributed by atoms with Gasteiger partial charge in [-0.25, -0.2) is 4.79 Å². The number of thioether (sulfide) groups is 1. The van der Waals surface area contributed by atoms with Crippen molar-refractivity contribution in [3.8, 4) is 0 Å². The molecule has 0 aliphatic heterocycles. The molecule has 2 aromatic carbocycles. The molecule has 0 aliphatic rings. The van der Waals surface area contributed by atoms with Crippen LogP contribution < -0.4 is 5.32 Å². The number of para-hydroxylation sites is 1. The normalized spacial score (nSPS) is 10.2. The van der Waals surface area contributed by atoms with Crippen LogP contribution in [0.2, 0.25) is 0 Å². The van der Waals surface area contributed by atoms with Crippen LogP contribution in [0, 0.1) is 0 Å². The lowest BCUT2D eigenvalue weighted by Crippen LogP contribution is -2.21. The molecule has 0 fully saturated rings. The number of esters is 1. The Kier molecular flexibility index (Phi) is 6.23. The number of anilines is 1. The van der Waals surface area contributed by atoms with Gasteiger partial charge in [0, 0.05) is 10.6 Å². The van der Waals surface area contributed by atoms with Crippen LogP contribution >= 0.6 is 11.8 Å². The maximum atomic E-state index is 11.9. The summed E-state index contributed by atoms with van der Waals surface area (Å²) in [4.78, 5) is 24.9. The minimum Gasteiger partial charge on any atom is -0.452 e. The summed E-state index contributed by atoms with van der Waals surface area (Å²) in [7, 11) is 0. The summed E-state index contributed by atoms with van der Waals surface area (Å²) in [6.45, 7) is 1.71. The second kappa shape index (κ2) is 8.39. The van der Waals surface area contributed by atoms with Gasteiger partial charge in [0.25, 0.3) is 5.91 Å². The summed E-state index contributed by atoms with van der Waals surface area (Å²) >= 11 is 1.60. The summed E-state index contributed by atoms with van der Waals surface area (Å²) in [5.41, 5.74) is 2.23. The average Bonchev–Trinajstić information content (AvgIpc) is 2.60. The summed E-state index contributed by atoms with van der Waals surface area (Å²) in [5, 5.41) is 2.77. The molecular formula is C18H19NO3S. The Morgan fingerprint density at radius 3 is 2.43 bits per heavy atom. The Labute approximate surface area is 140 Å². The van der Waals surface area contributed by atoms with Crippen molar-refractivity contribution in [2.45, 2.75) is 18.2 Å². The molecule has 0 radical (unpaired) electrons. The van der Waals surface area contributed by atoms with E-state index in [2.05, 4.69) is 5.32 Å². The van der Waals surface area contributed by atoms with E-state index in [0.29, 0.717) is 5.56 Å². The maximum absolute atomic E-state index is 11.9. The number of aryl methyl sites for hydroxylation is 1. The Morgan fingerprint density at radius 1 is 1.09 bits per heavy atom. The number of hydrogen-bond donors (Lipinski definition) is 1. The summed E-state index contributed by atoms with van der Waals surface area (Å²) < 4.78 is 5.05. The van der Waals surface area contributed by atoms with Gasteiger partial charge < -0.3 is 10.1 Å². The van der Waals surface area contributed by atoms with Crippen LogP contribution in [0.4, 0.5) is 5.69 Å². The molecule has 23 heavy (non-hydrogen) atoms. The summed E-state index contributed by atoms with van der Waals surface area (Å²) in [6.07, 6.45) is 2.78. The number of benzene rings is 2. The van der Waals surface area contributed by atoms with Crippen LogP contribution in [-0.2, 0) is 16.0 Å². The van der Waals surface area contributed by atoms with Gasteiger partial charge in [-0.3, -0.25) is 4.79 Å². The van der Waals surface area contributed by atoms with Crippen molar-refractivity contribution in [3.63, 3.8) is 0 Å². The molecule has 0 unspecified atom stereocenters. The second-order valence-corrected chi connectivity index (χ2v) is 5.74. The predicted octanol–water partition coefficient (Wildman–Crippen LogP) is 3.77. The first-order chi connectivity index (χ1) is 11.1. The van der Waals surface area contributed by atoms with E-state index in [1.165, 1.54) is 0 Å². The highest BCUT2D eigenvalue weighted by Gasteiger charge is 2.11. The lowest BCUT2D eigenvalue weighted by Gasteiger charge is -2.10. The van der Waals surface area contributed by atoms with Crippen molar-refractivity contribution in [2.24, 2.45) is 0 Å². The molecule has 0 bridgehead atoms. The van der Waals surface area contributed by atoms with Crippen molar-refractivity contribution in [3.05, 3.63) is 59.7 Å². The molecular weight excluding hydrogens is 310 g/mol. The van der Waals surface area contributed by atoms with Gasteiger partial charge in [0.1, 0.15) is 0 Å². The Hall–Kier alpha value is -2.27. The maximum Gasteiger partial charge on any atom is 0.338 e. The summed E-state index contributed by atoms with van der Waals surface area (Å²) in [5.74, 6) is -0.850. The number of ether oxygens (including phenoxy) is 1. The molecule has 4 nitrogen and oxygen atoms in total. The molecule has 1 amide bonds. The quantitative estimate of drug-likeness (QED) is 0.647. The summed E-state index contributed by atoms with van der Waals surface area (Å²) in [6, 6.07) is 14.6. The Balaban J connectivity index is 1.89. The third kappa shape index (κ3) is 4.86. The average molecular weight is 329 g/mol. The zero-order valence-electron chi connectivity index (χ0n) is 13.2. The predicted molar refractivity (Wildman–Crippen MR) is 93.0 cm³/mol. The minimum absolute atomic E-state index is 0.304. The van der Waals surface area contributed by atoms with Gasteiger partial charge in [0.05, 0.1) is 5.56 Å². The van der Waals surface area contributed by atoms with Crippen LogP contribution in [0.5, 0.6) is 0 Å². The Bertz CT molecular complexity index is 683. The molecule has 0 saturated heterocycles. The van der Waals surface area contributed by atoms with Crippen LogP contribution in [0.3, 0.4) is 0 Å². The minimum atomic E-state index is -0.503. The fourth-order valence-electron chi connectivity index (χ4n) is 2.08. The first-order valence-corrected chi connectivity index (χ1v) is 8.55. The van der Waals surface area contributed by atoms with Crippen LogP contribution in [0.15, 0.2) is 53.4 Å². The molecule has 0 aliphatic carbocycles. The van der Waals surface area contributed by atoms with Crippen LogP contribution in [0.1, 0.15) is 22.8 Å². The third-order valence-corrected chi connectivity index (χ3v) is 4.08. The lowest BCUT2D eigenvalue weighted by atomic mass is 10.1. The monoisotopic (exact) mass is 329 g/mol. The highest BCUT2D eigenvalue weighted by molar-refractivity contribution is 7.98. The molecule has 0 saturated carbocycles. The van der Waals surface area contributed by atoms with Crippen molar-refractivity contribution in [1.82, 2.24) is 0 Å². The highest BCUT2D eigenvalue weighted by Crippen LogP contribution is 2.16. The topological polar surface area (TPSA) is 55.4 Å². The molecule has 0 heterocycles. The molecule has 0 atom stereocenters. The van der Waals surface area contributed by atoms with Gasteiger partial charge in [0.15, 0.2) is 6.61 Å². The van der Waals surface area contributed by atoms with Crippen LogP contribution in [0.25, 0.3) is 0 Å².